The van der Waals surface area contributed by atoms with Gasteiger partial charge in [-0.1, -0.05) is 30.3 Å². The summed E-state index contributed by atoms with van der Waals surface area (Å²) in [5, 5.41) is 15.3. The molecule has 1 aromatic carbocycles. The van der Waals surface area contributed by atoms with E-state index >= 15 is 0 Å². The molecule has 0 saturated carbocycles. The molecule has 0 spiro atoms. The van der Waals surface area contributed by atoms with E-state index in [9.17, 15) is 14.4 Å². The highest BCUT2D eigenvalue weighted by Gasteiger charge is 2.25. The van der Waals surface area contributed by atoms with Crippen molar-refractivity contribution in [3.8, 4) is 5.88 Å². The van der Waals surface area contributed by atoms with Gasteiger partial charge in [0.15, 0.2) is 12.4 Å². The fourth-order valence-corrected chi connectivity index (χ4v) is 2.29. The van der Waals surface area contributed by atoms with Gasteiger partial charge in [-0.2, -0.15) is 5.10 Å². The predicted octanol–water partition coefficient (Wildman–Crippen LogP) is 1.45. The van der Waals surface area contributed by atoms with Crippen LogP contribution in [0.3, 0.4) is 0 Å². The molecule has 0 fully saturated rings. The number of nitrogens with one attached hydrogen (secondary N) is 1. The Morgan fingerprint density at radius 1 is 1.26 bits per heavy atom. The van der Waals surface area contributed by atoms with E-state index < -0.39 is 36.9 Å². The highest BCUT2D eigenvalue weighted by Crippen LogP contribution is 2.11. The van der Waals surface area contributed by atoms with Crippen molar-refractivity contribution in [2.75, 3.05) is 6.61 Å². The van der Waals surface area contributed by atoms with Crippen molar-refractivity contribution in [1.82, 2.24) is 15.1 Å². The van der Waals surface area contributed by atoms with E-state index in [4.69, 9.17) is 14.6 Å². The van der Waals surface area contributed by atoms with Crippen LogP contribution in [0.25, 0.3) is 0 Å². The first-order chi connectivity index (χ1) is 12.8. The Hall–Kier alpha value is -3.36. The Morgan fingerprint density at radius 2 is 1.96 bits per heavy atom. The van der Waals surface area contributed by atoms with Crippen LogP contribution >= 0.6 is 0 Å². The zero-order valence-corrected chi connectivity index (χ0v) is 15.0. The number of ketones is 1. The summed E-state index contributed by atoms with van der Waals surface area (Å²) in [7, 11) is 1.65. The number of aliphatic carboxylic acids is 1. The van der Waals surface area contributed by atoms with E-state index in [-0.39, 0.29) is 6.61 Å². The van der Waals surface area contributed by atoms with Gasteiger partial charge in [0.05, 0.1) is 12.1 Å². The molecule has 0 aliphatic carbocycles. The number of carbonyl (C=O) groups is 3. The lowest BCUT2D eigenvalue weighted by atomic mass is 10.1. The second kappa shape index (κ2) is 9.37. The zero-order chi connectivity index (χ0) is 19.8. The third-order valence-electron chi connectivity index (χ3n) is 3.59. The maximum Gasteiger partial charge on any atom is 0.408 e. The Balaban J connectivity index is 1.90. The number of aryl methyl sites for hydroxylation is 2. The topological polar surface area (TPSA) is 120 Å². The van der Waals surface area contributed by atoms with Crippen LogP contribution in [0.15, 0.2) is 36.4 Å². The van der Waals surface area contributed by atoms with E-state index in [0.29, 0.717) is 11.6 Å². The van der Waals surface area contributed by atoms with Gasteiger partial charge in [-0.25, -0.2) is 9.48 Å². The molecule has 0 bridgehead atoms. The van der Waals surface area contributed by atoms with E-state index in [2.05, 4.69) is 10.4 Å². The normalized spacial score (nSPS) is 11.5. The maximum atomic E-state index is 12.3. The van der Waals surface area contributed by atoms with Gasteiger partial charge in [-0.15, -0.1) is 0 Å². The van der Waals surface area contributed by atoms with Gasteiger partial charge in [-0.3, -0.25) is 9.59 Å². The van der Waals surface area contributed by atoms with Gasteiger partial charge < -0.3 is 19.9 Å². The number of nitrogens with zero attached hydrogens (tertiary/aromatic N) is 2. The molecular formula is C18H21N3O6. The molecule has 1 amide bonds. The number of ether oxygens (including phenoxy) is 2. The second-order valence-electron chi connectivity index (χ2n) is 5.86. The molecule has 2 N–H and O–H groups in total. The van der Waals surface area contributed by atoms with Gasteiger partial charge in [0, 0.05) is 13.1 Å². The smallest absolute Gasteiger partial charge is 0.408 e. The maximum absolute atomic E-state index is 12.3. The third-order valence-corrected chi connectivity index (χ3v) is 3.59. The molecule has 0 saturated heterocycles. The first-order valence-electron chi connectivity index (χ1n) is 8.20. The van der Waals surface area contributed by atoms with Crippen molar-refractivity contribution < 1.29 is 29.0 Å². The van der Waals surface area contributed by atoms with Crippen LogP contribution in [0.2, 0.25) is 0 Å². The second-order valence-corrected chi connectivity index (χ2v) is 5.86. The lowest BCUT2D eigenvalue weighted by Gasteiger charge is -2.16. The lowest BCUT2D eigenvalue weighted by molar-refractivity contribution is -0.139. The van der Waals surface area contributed by atoms with Gasteiger partial charge >= 0.3 is 12.1 Å². The number of amides is 1. The Bertz CT molecular complexity index is 803. The van der Waals surface area contributed by atoms with Crippen molar-refractivity contribution in [2.45, 2.75) is 26.0 Å². The Labute approximate surface area is 155 Å². The van der Waals surface area contributed by atoms with Crippen LogP contribution in [0.1, 0.15) is 17.7 Å². The number of aromatic nitrogens is 2. The largest absolute Gasteiger partial charge is 0.481 e. The van der Waals surface area contributed by atoms with Crippen molar-refractivity contribution in [2.24, 2.45) is 7.05 Å². The van der Waals surface area contributed by atoms with Crippen LogP contribution in [-0.4, -0.2) is 45.4 Å². The molecule has 2 rings (SSSR count). The molecule has 1 atom stereocenters. The third kappa shape index (κ3) is 6.46. The van der Waals surface area contributed by atoms with Crippen molar-refractivity contribution in [3.05, 3.63) is 47.7 Å². The average molecular weight is 375 g/mol. The Kier molecular flexibility index (Phi) is 6.93. The zero-order valence-electron chi connectivity index (χ0n) is 15.0. The summed E-state index contributed by atoms with van der Waals surface area (Å²) < 4.78 is 11.8. The summed E-state index contributed by atoms with van der Waals surface area (Å²) in [5.74, 6) is -1.46. The number of carbonyl (C=O) groups excluding carboxylic acids is 2. The standard InChI is InChI=1S/C18H21N3O6/c1-12-8-16(21(2)20-12)26-11-15(22)14(9-17(23)24)19-18(25)27-10-13-6-4-3-5-7-13/h3-8,14H,9-11H2,1-2H3,(H,19,25)(H,23,24)/t14-/m0/s1. The number of rotatable bonds is 9. The molecule has 0 unspecified atom stereocenters. The van der Waals surface area contributed by atoms with Gasteiger partial charge in [0.1, 0.15) is 12.6 Å². The number of carboxylic acid groups (broad SMARTS) is 1. The number of alkyl carbamates (subject to hydrolysis) is 1. The van der Waals surface area contributed by atoms with E-state index in [1.54, 1.807) is 44.3 Å². The first-order valence-corrected chi connectivity index (χ1v) is 8.20. The minimum Gasteiger partial charge on any atom is -0.481 e. The van der Waals surface area contributed by atoms with Crippen molar-refractivity contribution in [3.63, 3.8) is 0 Å². The molecule has 9 nitrogen and oxygen atoms in total. The molecule has 27 heavy (non-hydrogen) atoms. The number of hydrogen-bond acceptors (Lipinski definition) is 6. The Morgan fingerprint density at radius 3 is 2.56 bits per heavy atom. The van der Waals surface area contributed by atoms with E-state index in [1.807, 2.05) is 6.07 Å². The van der Waals surface area contributed by atoms with Gasteiger partial charge in [0.2, 0.25) is 5.88 Å². The minimum absolute atomic E-state index is 0.00541. The van der Waals surface area contributed by atoms with E-state index in [1.165, 1.54) is 4.68 Å². The molecule has 9 heteroatoms. The molecule has 144 valence electrons. The lowest BCUT2D eigenvalue weighted by Crippen LogP contribution is -2.44. The van der Waals surface area contributed by atoms with Crippen LogP contribution in [-0.2, 0) is 28.0 Å². The van der Waals surface area contributed by atoms with Crippen molar-refractivity contribution >= 4 is 17.8 Å². The summed E-state index contributed by atoms with van der Waals surface area (Å²) in [6, 6.07) is 9.35. The molecular weight excluding hydrogens is 354 g/mol. The van der Waals surface area contributed by atoms with Gasteiger partial charge in [0.25, 0.3) is 0 Å². The highest BCUT2D eigenvalue weighted by atomic mass is 16.5. The number of benzene rings is 1. The fraction of sp³-hybridized carbons (Fsp3) is 0.333. The summed E-state index contributed by atoms with van der Waals surface area (Å²) >= 11 is 0. The number of hydrogen-bond donors (Lipinski definition) is 2. The van der Waals surface area contributed by atoms with Crippen LogP contribution in [0, 0.1) is 6.92 Å². The monoisotopic (exact) mass is 375 g/mol. The van der Waals surface area contributed by atoms with Crippen LogP contribution in [0.4, 0.5) is 4.79 Å². The quantitative estimate of drug-likeness (QED) is 0.680. The number of carboxylic acids is 1. The van der Waals surface area contributed by atoms with Gasteiger partial charge in [-0.05, 0) is 12.5 Å². The SMILES string of the molecule is Cc1cc(OCC(=O)[C@H](CC(=O)O)NC(=O)OCc2ccccc2)n(C)n1. The predicted molar refractivity (Wildman–Crippen MR) is 94.3 cm³/mol. The first kappa shape index (κ1) is 20.0. The molecule has 2 aromatic rings. The summed E-state index contributed by atoms with van der Waals surface area (Å²) in [6.07, 6.45) is -1.46. The summed E-state index contributed by atoms with van der Waals surface area (Å²) in [6.45, 7) is 1.37. The molecule has 0 aliphatic rings. The molecule has 0 radical (unpaired) electrons. The highest BCUT2D eigenvalue weighted by molar-refractivity contribution is 5.91. The molecule has 1 aromatic heterocycles. The summed E-state index contributed by atoms with van der Waals surface area (Å²) in [4.78, 5) is 35.2. The van der Waals surface area contributed by atoms with E-state index in [0.717, 1.165) is 5.56 Å². The van der Waals surface area contributed by atoms with Crippen LogP contribution < -0.4 is 10.1 Å². The average Bonchev–Trinajstić information content (AvgIpc) is 2.95. The molecule has 0 aliphatic heterocycles. The van der Waals surface area contributed by atoms with Crippen LogP contribution in [0.5, 0.6) is 5.88 Å². The number of Topliss-reactive ketones (excluding diaryl/α,β-unsaturated/α-hetero) is 1. The minimum atomic E-state index is -1.26. The summed E-state index contributed by atoms with van der Waals surface area (Å²) in [5.41, 5.74) is 1.48. The fourth-order valence-electron chi connectivity index (χ4n) is 2.29. The van der Waals surface area contributed by atoms with Crippen molar-refractivity contribution in [1.29, 1.82) is 0 Å². The molecule has 1 heterocycles.